The van der Waals surface area contributed by atoms with Gasteiger partial charge in [-0.2, -0.15) is 0 Å². The summed E-state index contributed by atoms with van der Waals surface area (Å²) in [6, 6.07) is 2.20. The molecule has 0 heterocycles. The maximum Gasteiger partial charge on any atom is 0.0837 e. The van der Waals surface area contributed by atoms with Crippen LogP contribution in [0.5, 0.6) is 0 Å². The highest BCUT2D eigenvalue weighted by atomic mass is 15.4. The van der Waals surface area contributed by atoms with E-state index in [-0.39, 0.29) is 0 Å². The molecule has 0 bridgehead atoms. The molecule has 0 aliphatic carbocycles. The maximum absolute atomic E-state index is 2.42. The Kier molecular flexibility index (Phi) is 13.3. The standard InChI is InChI=1S/C22H48N/c1-8-9-10-11-12-13-14-15-16-17-18-19-23(20(2)3,21(4)5)22(6)7/h20-22H,8-19H2,1-7H3/q+1. The second kappa shape index (κ2) is 13.3. The zero-order chi connectivity index (χ0) is 17.7. The summed E-state index contributed by atoms with van der Waals surface area (Å²) in [6.45, 7) is 18.2. The van der Waals surface area contributed by atoms with Crippen LogP contribution in [0.1, 0.15) is 119 Å². The van der Waals surface area contributed by atoms with Crippen molar-refractivity contribution in [3.05, 3.63) is 0 Å². The van der Waals surface area contributed by atoms with E-state index in [1.165, 1.54) is 81.7 Å². The molecule has 0 aromatic heterocycles. The van der Waals surface area contributed by atoms with Crippen LogP contribution >= 0.6 is 0 Å². The maximum atomic E-state index is 2.42. The molecule has 0 radical (unpaired) electrons. The Morgan fingerprint density at radius 1 is 0.478 bits per heavy atom. The van der Waals surface area contributed by atoms with Gasteiger partial charge in [0.15, 0.2) is 0 Å². The van der Waals surface area contributed by atoms with E-state index in [4.69, 9.17) is 0 Å². The van der Waals surface area contributed by atoms with Gasteiger partial charge in [0.1, 0.15) is 0 Å². The van der Waals surface area contributed by atoms with Gasteiger partial charge in [-0.15, -0.1) is 0 Å². The Labute approximate surface area is 148 Å². The molecule has 0 fully saturated rings. The average molecular weight is 327 g/mol. The molecule has 0 saturated carbocycles. The highest BCUT2D eigenvalue weighted by molar-refractivity contribution is 4.59. The quantitative estimate of drug-likeness (QED) is 0.218. The first-order valence-corrected chi connectivity index (χ1v) is 10.8. The van der Waals surface area contributed by atoms with E-state index < -0.39 is 0 Å². The summed E-state index contributed by atoms with van der Waals surface area (Å²) in [6.07, 6.45) is 15.9. The van der Waals surface area contributed by atoms with Crippen molar-refractivity contribution in [2.75, 3.05) is 6.54 Å². The Morgan fingerprint density at radius 3 is 1.09 bits per heavy atom. The third-order valence-electron chi connectivity index (χ3n) is 6.03. The molecular formula is C22H48N+. The molecule has 0 saturated heterocycles. The lowest BCUT2D eigenvalue weighted by Gasteiger charge is -2.49. The summed E-state index contributed by atoms with van der Waals surface area (Å²) in [5.41, 5.74) is 0. The predicted molar refractivity (Wildman–Crippen MR) is 107 cm³/mol. The van der Waals surface area contributed by atoms with Crippen LogP contribution in [-0.2, 0) is 0 Å². The molecule has 0 N–H and O–H groups in total. The van der Waals surface area contributed by atoms with Crippen molar-refractivity contribution in [2.45, 2.75) is 137 Å². The van der Waals surface area contributed by atoms with Crippen LogP contribution in [0, 0.1) is 0 Å². The van der Waals surface area contributed by atoms with Gasteiger partial charge in [0, 0.05) is 0 Å². The largest absolute Gasteiger partial charge is 0.318 e. The normalized spacial score (nSPS) is 12.8. The van der Waals surface area contributed by atoms with E-state index in [9.17, 15) is 0 Å². The van der Waals surface area contributed by atoms with Crippen LogP contribution < -0.4 is 0 Å². The average Bonchev–Trinajstić information content (AvgIpc) is 2.47. The zero-order valence-corrected chi connectivity index (χ0v) is 17.7. The third kappa shape index (κ3) is 8.57. The minimum absolute atomic E-state index is 0.734. The molecule has 0 rings (SSSR count). The smallest absolute Gasteiger partial charge is 0.0837 e. The van der Waals surface area contributed by atoms with Gasteiger partial charge in [-0.25, -0.2) is 0 Å². The molecule has 23 heavy (non-hydrogen) atoms. The van der Waals surface area contributed by atoms with E-state index in [0.717, 1.165) is 18.1 Å². The number of hydrogen-bond acceptors (Lipinski definition) is 0. The van der Waals surface area contributed by atoms with Crippen LogP contribution in [-0.4, -0.2) is 29.2 Å². The summed E-state index contributed by atoms with van der Waals surface area (Å²) in [5, 5.41) is 0. The first-order chi connectivity index (χ1) is 10.9. The second-order valence-electron chi connectivity index (χ2n) is 8.54. The number of nitrogens with zero attached hydrogens (tertiary/aromatic N) is 1. The van der Waals surface area contributed by atoms with Crippen molar-refractivity contribution in [1.82, 2.24) is 0 Å². The minimum Gasteiger partial charge on any atom is -0.318 e. The fourth-order valence-corrected chi connectivity index (χ4v) is 4.61. The van der Waals surface area contributed by atoms with Gasteiger partial charge in [-0.05, 0) is 54.4 Å². The van der Waals surface area contributed by atoms with Gasteiger partial charge >= 0.3 is 0 Å². The predicted octanol–water partition coefficient (Wildman–Crippen LogP) is 7.34. The SMILES string of the molecule is CCCCCCCCCCCCC[N+](C(C)C)(C(C)C)C(C)C. The molecule has 0 amide bonds. The lowest BCUT2D eigenvalue weighted by Crippen LogP contribution is -2.62. The minimum atomic E-state index is 0.734. The molecule has 140 valence electrons. The summed E-state index contributed by atoms with van der Waals surface area (Å²) >= 11 is 0. The molecule has 1 heteroatoms. The molecule has 0 atom stereocenters. The molecule has 0 aliphatic rings. The second-order valence-corrected chi connectivity index (χ2v) is 8.54. The van der Waals surface area contributed by atoms with Gasteiger partial charge in [-0.3, -0.25) is 0 Å². The molecule has 0 aromatic rings. The zero-order valence-electron chi connectivity index (χ0n) is 17.7. The number of hydrogen-bond donors (Lipinski definition) is 0. The summed E-state index contributed by atoms with van der Waals surface area (Å²) in [4.78, 5) is 0. The monoisotopic (exact) mass is 326 g/mol. The lowest BCUT2D eigenvalue weighted by molar-refractivity contribution is -0.985. The highest BCUT2D eigenvalue weighted by Gasteiger charge is 2.37. The van der Waals surface area contributed by atoms with Crippen molar-refractivity contribution in [1.29, 1.82) is 0 Å². The summed E-state index contributed by atoms with van der Waals surface area (Å²) < 4.78 is 1.29. The van der Waals surface area contributed by atoms with Gasteiger partial charge in [0.05, 0.1) is 24.7 Å². The van der Waals surface area contributed by atoms with Gasteiger partial charge in [0.2, 0.25) is 0 Å². The van der Waals surface area contributed by atoms with Gasteiger partial charge in [-0.1, -0.05) is 64.7 Å². The van der Waals surface area contributed by atoms with Crippen molar-refractivity contribution in [2.24, 2.45) is 0 Å². The van der Waals surface area contributed by atoms with Crippen LogP contribution in [0.3, 0.4) is 0 Å². The van der Waals surface area contributed by atoms with Gasteiger partial charge < -0.3 is 4.48 Å². The van der Waals surface area contributed by atoms with E-state index in [1.807, 2.05) is 0 Å². The Morgan fingerprint density at radius 2 is 0.783 bits per heavy atom. The number of quaternary nitrogens is 1. The first kappa shape index (κ1) is 23.0. The van der Waals surface area contributed by atoms with Crippen LogP contribution in [0.4, 0.5) is 0 Å². The van der Waals surface area contributed by atoms with E-state index in [0.29, 0.717) is 0 Å². The van der Waals surface area contributed by atoms with Crippen molar-refractivity contribution in [3.8, 4) is 0 Å². The summed E-state index contributed by atoms with van der Waals surface area (Å²) in [5.74, 6) is 0. The van der Waals surface area contributed by atoms with Crippen molar-refractivity contribution >= 4 is 0 Å². The Balaban J connectivity index is 3.80. The fraction of sp³-hybridized carbons (Fsp3) is 1.00. The van der Waals surface area contributed by atoms with Crippen LogP contribution in [0.2, 0.25) is 0 Å². The van der Waals surface area contributed by atoms with Crippen molar-refractivity contribution in [3.63, 3.8) is 0 Å². The third-order valence-corrected chi connectivity index (χ3v) is 6.03. The first-order valence-electron chi connectivity index (χ1n) is 10.8. The van der Waals surface area contributed by atoms with E-state index in [1.54, 1.807) is 0 Å². The Bertz CT molecular complexity index is 233. The van der Waals surface area contributed by atoms with E-state index in [2.05, 4.69) is 48.5 Å². The Hall–Kier alpha value is -0.0400. The number of rotatable bonds is 15. The topological polar surface area (TPSA) is 0 Å². The molecule has 0 aliphatic heterocycles. The number of unbranched alkanes of at least 4 members (excludes halogenated alkanes) is 10. The highest BCUT2D eigenvalue weighted by Crippen LogP contribution is 2.26. The van der Waals surface area contributed by atoms with Crippen molar-refractivity contribution < 1.29 is 4.48 Å². The lowest BCUT2D eigenvalue weighted by atomic mass is 10.0. The fourth-order valence-electron chi connectivity index (χ4n) is 4.61. The van der Waals surface area contributed by atoms with Crippen LogP contribution in [0.15, 0.2) is 0 Å². The molecular weight excluding hydrogens is 278 g/mol. The molecule has 0 spiro atoms. The molecule has 0 aromatic carbocycles. The van der Waals surface area contributed by atoms with Gasteiger partial charge in [0.25, 0.3) is 0 Å². The molecule has 0 unspecified atom stereocenters. The summed E-state index contributed by atoms with van der Waals surface area (Å²) in [7, 11) is 0. The van der Waals surface area contributed by atoms with E-state index >= 15 is 0 Å². The molecule has 1 nitrogen and oxygen atoms in total. The van der Waals surface area contributed by atoms with Crippen LogP contribution in [0.25, 0.3) is 0 Å².